The summed E-state index contributed by atoms with van der Waals surface area (Å²) >= 11 is 0. The molecule has 116 valence electrons. The number of pyridine rings is 1. The molecule has 0 fully saturated rings. The minimum Gasteiger partial charge on any atom is -0.357 e. The van der Waals surface area contributed by atoms with Gasteiger partial charge in [-0.15, -0.1) is 30.4 Å². The van der Waals surface area contributed by atoms with Crippen LogP contribution in [-0.4, -0.2) is 33.8 Å². The number of nitrogens with one attached hydrogen (secondary N) is 2. The Kier molecular flexibility index (Phi) is 7.99. The largest absolute Gasteiger partial charge is 0.357 e. The van der Waals surface area contributed by atoms with Crippen molar-refractivity contribution in [2.45, 2.75) is 13.5 Å². The zero-order valence-corrected chi connectivity index (χ0v) is 14.7. The predicted molar refractivity (Wildman–Crippen MR) is 98.4 cm³/mol. The highest BCUT2D eigenvalue weighted by Gasteiger charge is 2.00. The molecule has 7 heteroatoms. The molecule has 0 aromatic carbocycles. The van der Waals surface area contributed by atoms with Crippen LogP contribution >= 0.6 is 24.0 Å². The van der Waals surface area contributed by atoms with E-state index in [9.17, 15) is 0 Å². The maximum Gasteiger partial charge on any atom is 0.192 e. The molecule has 0 aliphatic carbocycles. The van der Waals surface area contributed by atoms with Crippen molar-refractivity contribution in [3.63, 3.8) is 0 Å². The maximum absolute atomic E-state index is 5.24. The normalized spacial score (nSPS) is 10.5. The van der Waals surface area contributed by atoms with Crippen LogP contribution in [0, 0.1) is 12.3 Å². The first-order valence-corrected chi connectivity index (χ1v) is 6.74. The number of guanidine groups is 1. The predicted octanol–water partition coefficient (Wildman–Crippen LogP) is 1.57. The van der Waals surface area contributed by atoms with Gasteiger partial charge >= 0.3 is 0 Å². The number of rotatable bonds is 5. The average molecular weight is 410 g/mol. The molecule has 0 aliphatic heterocycles. The van der Waals surface area contributed by atoms with Crippen molar-refractivity contribution in [3.8, 4) is 18.2 Å². The molecule has 0 atom stereocenters. The molecule has 0 amide bonds. The fraction of sp³-hybridized carbons (Fsp3) is 0.267. The molecule has 0 aliphatic rings. The Hall–Kier alpha value is -2.08. The van der Waals surface area contributed by atoms with Gasteiger partial charge in [-0.2, -0.15) is 5.10 Å². The van der Waals surface area contributed by atoms with E-state index in [0.717, 1.165) is 17.9 Å². The number of halogens is 1. The second-order valence-corrected chi connectivity index (χ2v) is 4.23. The van der Waals surface area contributed by atoms with E-state index in [-0.39, 0.29) is 24.0 Å². The van der Waals surface area contributed by atoms with Gasteiger partial charge in [0, 0.05) is 25.1 Å². The third kappa shape index (κ3) is 5.37. The summed E-state index contributed by atoms with van der Waals surface area (Å²) in [6.07, 6.45) is 10.6. The smallest absolute Gasteiger partial charge is 0.192 e. The molecule has 0 radical (unpaired) electrons. The molecule has 0 unspecified atom stereocenters. The lowest BCUT2D eigenvalue weighted by Gasteiger charge is -2.09. The van der Waals surface area contributed by atoms with Crippen LogP contribution in [0.4, 0.5) is 0 Å². The summed E-state index contributed by atoms with van der Waals surface area (Å²) in [5.74, 6) is 4.00. The van der Waals surface area contributed by atoms with Crippen molar-refractivity contribution in [1.82, 2.24) is 25.4 Å². The Labute approximate surface area is 147 Å². The van der Waals surface area contributed by atoms with Crippen molar-refractivity contribution in [1.29, 1.82) is 0 Å². The number of hydrogen-bond donors (Lipinski definition) is 2. The van der Waals surface area contributed by atoms with Crippen LogP contribution in [0.25, 0.3) is 5.82 Å². The summed E-state index contributed by atoms with van der Waals surface area (Å²) < 4.78 is 1.72. The van der Waals surface area contributed by atoms with E-state index >= 15 is 0 Å². The van der Waals surface area contributed by atoms with Crippen LogP contribution in [0.5, 0.6) is 0 Å². The maximum atomic E-state index is 5.24. The molecule has 2 aromatic heterocycles. The SMILES string of the molecule is C#CCNC(=NCc1ccnc(-n2cccn2)c1)NCC.I. The van der Waals surface area contributed by atoms with Gasteiger partial charge in [0.15, 0.2) is 11.8 Å². The second kappa shape index (κ2) is 9.78. The van der Waals surface area contributed by atoms with Crippen LogP contribution in [0.15, 0.2) is 41.8 Å². The summed E-state index contributed by atoms with van der Waals surface area (Å²) in [4.78, 5) is 8.77. The van der Waals surface area contributed by atoms with Gasteiger partial charge in [0.2, 0.25) is 0 Å². The molecule has 2 rings (SSSR count). The fourth-order valence-corrected chi connectivity index (χ4v) is 1.74. The number of aliphatic imine (C=N–C) groups is 1. The monoisotopic (exact) mass is 410 g/mol. The summed E-state index contributed by atoms with van der Waals surface area (Å²) in [7, 11) is 0. The minimum atomic E-state index is 0. The third-order valence-corrected chi connectivity index (χ3v) is 2.67. The van der Waals surface area contributed by atoms with Gasteiger partial charge in [-0.1, -0.05) is 5.92 Å². The van der Waals surface area contributed by atoms with E-state index in [4.69, 9.17) is 6.42 Å². The summed E-state index contributed by atoms with van der Waals surface area (Å²) in [5.41, 5.74) is 1.05. The van der Waals surface area contributed by atoms with E-state index in [0.29, 0.717) is 19.0 Å². The number of terminal acetylenes is 1. The van der Waals surface area contributed by atoms with Crippen LogP contribution in [0.2, 0.25) is 0 Å². The van der Waals surface area contributed by atoms with E-state index in [1.165, 1.54) is 0 Å². The quantitative estimate of drug-likeness (QED) is 0.340. The molecule has 0 saturated carbocycles. The molecule has 0 bridgehead atoms. The molecule has 2 heterocycles. The van der Waals surface area contributed by atoms with Gasteiger partial charge in [-0.05, 0) is 30.7 Å². The first-order chi connectivity index (χ1) is 10.3. The van der Waals surface area contributed by atoms with E-state index in [1.54, 1.807) is 17.1 Å². The lowest BCUT2D eigenvalue weighted by molar-refractivity contribution is 0.837. The highest BCUT2D eigenvalue weighted by molar-refractivity contribution is 14.0. The van der Waals surface area contributed by atoms with Crippen molar-refractivity contribution in [2.75, 3.05) is 13.1 Å². The van der Waals surface area contributed by atoms with Crippen LogP contribution < -0.4 is 10.6 Å². The van der Waals surface area contributed by atoms with Crippen molar-refractivity contribution < 1.29 is 0 Å². The number of aromatic nitrogens is 3. The summed E-state index contributed by atoms with van der Waals surface area (Å²) in [6, 6.07) is 5.75. The molecule has 2 aromatic rings. The lowest BCUT2D eigenvalue weighted by atomic mass is 10.2. The third-order valence-electron chi connectivity index (χ3n) is 2.67. The van der Waals surface area contributed by atoms with Crippen LogP contribution in [0.1, 0.15) is 12.5 Å². The van der Waals surface area contributed by atoms with Crippen LogP contribution in [-0.2, 0) is 6.54 Å². The zero-order valence-electron chi connectivity index (χ0n) is 12.4. The molecule has 6 nitrogen and oxygen atoms in total. The topological polar surface area (TPSA) is 67.1 Å². The molecule has 0 spiro atoms. The first-order valence-electron chi connectivity index (χ1n) is 6.74. The zero-order chi connectivity index (χ0) is 14.9. The highest BCUT2D eigenvalue weighted by atomic mass is 127. The molecule has 2 N–H and O–H groups in total. The lowest BCUT2D eigenvalue weighted by Crippen LogP contribution is -2.37. The van der Waals surface area contributed by atoms with Gasteiger partial charge in [0.05, 0.1) is 13.1 Å². The molecule has 0 saturated heterocycles. The molecular formula is C15H19IN6. The average Bonchev–Trinajstić information content (AvgIpc) is 3.05. The standard InChI is InChI=1S/C15H18N6.HI/c1-3-7-18-15(16-4-2)19-12-13-6-9-17-14(11-13)21-10-5-8-20-21;/h1,5-6,8-11H,4,7,12H2,2H3,(H2,16,18,19);1H. The van der Waals surface area contributed by atoms with E-state index in [1.807, 2.05) is 31.3 Å². The Balaban J connectivity index is 0.00000242. The van der Waals surface area contributed by atoms with Crippen molar-refractivity contribution in [3.05, 3.63) is 42.4 Å². The second-order valence-electron chi connectivity index (χ2n) is 4.23. The van der Waals surface area contributed by atoms with Crippen LogP contribution in [0.3, 0.4) is 0 Å². The van der Waals surface area contributed by atoms with E-state index < -0.39 is 0 Å². The fourth-order valence-electron chi connectivity index (χ4n) is 1.74. The van der Waals surface area contributed by atoms with E-state index in [2.05, 4.69) is 31.6 Å². The summed E-state index contributed by atoms with van der Waals surface area (Å²) in [5, 5.41) is 10.4. The Morgan fingerprint density at radius 2 is 2.27 bits per heavy atom. The van der Waals surface area contributed by atoms with Gasteiger partial charge in [-0.3, -0.25) is 0 Å². The Morgan fingerprint density at radius 1 is 1.41 bits per heavy atom. The van der Waals surface area contributed by atoms with Gasteiger partial charge < -0.3 is 10.6 Å². The van der Waals surface area contributed by atoms with Crippen molar-refractivity contribution >= 4 is 29.9 Å². The highest BCUT2D eigenvalue weighted by Crippen LogP contribution is 2.07. The van der Waals surface area contributed by atoms with Gasteiger partial charge in [-0.25, -0.2) is 14.7 Å². The summed E-state index contributed by atoms with van der Waals surface area (Å²) in [6.45, 7) is 3.78. The van der Waals surface area contributed by atoms with Gasteiger partial charge in [0.25, 0.3) is 0 Å². The Morgan fingerprint density at radius 3 is 2.95 bits per heavy atom. The minimum absolute atomic E-state index is 0. The Bertz CT molecular complexity index is 630. The number of hydrogen-bond acceptors (Lipinski definition) is 3. The van der Waals surface area contributed by atoms with Crippen molar-refractivity contribution in [2.24, 2.45) is 4.99 Å². The number of nitrogens with zero attached hydrogens (tertiary/aromatic N) is 4. The first kappa shape index (κ1) is 18.0. The molecular weight excluding hydrogens is 391 g/mol. The van der Waals surface area contributed by atoms with Gasteiger partial charge in [0.1, 0.15) is 0 Å². The molecule has 22 heavy (non-hydrogen) atoms.